The van der Waals surface area contributed by atoms with Gasteiger partial charge in [0.2, 0.25) is 0 Å². The van der Waals surface area contributed by atoms with Crippen LogP contribution in [0.3, 0.4) is 0 Å². The summed E-state index contributed by atoms with van der Waals surface area (Å²) in [4.78, 5) is 28.4. The number of pyridine rings is 1. The second-order valence-corrected chi connectivity index (χ2v) is 6.30. The van der Waals surface area contributed by atoms with Crippen molar-refractivity contribution in [1.29, 1.82) is 0 Å². The van der Waals surface area contributed by atoms with Crippen LogP contribution in [0, 0.1) is 0 Å². The van der Waals surface area contributed by atoms with Crippen molar-refractivity contribution in [3.8, 4) is 17.2 Å². The second-order valence-electron chi connectivity index (χ2n) is 6.30. The van der Waals surface area contributed by atoms with Gasteiger partial charge in [0, 0.05) is 10.8 Å². The van der Waals surface area contributed by atoms with Gasteiger partial charge in [0.15, 0.2) is 17.1 Å². The number of para-hydroxylation sites is 1. The molecular weight excluding hydrogens is 388 g/mol. The number of hydrogen-bond donors (Lipinski definition) is 2. The van der Waals surface area contributed by atoms with Gasteiger partial charge in [0.25, 0.3) is 5.91 Å². The summed E-state index contributed by atoms with van der Waals surface area (Å²) in [5.74, 6) is -0.340. The van der Waals surface area contributed by atoms with E-state index in [1.54, 1.807) is 25.1 Å². The smallest absolute Gasteiger partial charge is 0.325 e. The molecule has 1 amide bonds. The lowest BCUT2D eigenvalue weighted by Crippen LogP contribution is -2.32. The number of amides is 1. The Kier molecular flexibility index (Phi) is 5.17. The van der Waals surface area contributed by atoms with Crippen molar-refractivity contribution in [3.05, 3.63) is 60.6 Å². The molecule has 2 N–H and O–H groups in total. The molecule has 0 radical (unpaired) electrons. The van der Waals surface area contributed by atoms with Crippen LogP contribution in [0.25, 0.3) is 16.4 Å². The summed E-state index contributed by atoms with van der Waals surface area (Å²) in [6, 6.07) is 14.3. The number of hydrogen-bond acceptors (Lipinski definition) is 7. The monoisotopic (exact) mass is 406 g/mol. The summed E-state index contributed by atoms with van der Waals surface area (Å²) in [5.41, 5.74) is 0.235. The Morgan fingerprint density at radius 2 is 1.90 bits per heavy atom. The van der Waals surface area contributed by atoms with E-state index in [-0.39, 0.29) is 24.6 Å². The number of ether oxygens (including phenoxy) is 2. The van der Waals surface area contributed by atoms with Gasteiger partial charge >= 0.3 is 5.97 Å². The van der Waals surface area contributed by atoms with Crippen molar-refractivity contribution < 1.29 is 24.2 Å². The Morgan fingerprint density at radius 1 is 1.10 bits per heavy atom. The lowest BCUT2D eigenvalue weighted by molar-refractivity contribution is -0.141. The fraction of sp³-hybridized carbons (Fsp3) is 0.143. The van der Waals surface area contributed by atoms with Gasteiger partial charge in [-0.25, -0.2) is 9.50 Å². The fourth-order valence-electron chi connectivity index (χ4n) is 3.07. The predicted octanol–water partition coefficient (Wildman–Crippen LogP) is 2.67. The number of aromatic nitrogens is 3. The van der Waals surface area contributed by atoms with Gasteiger partial charge in [-0.1, -0.05) is 18.2 Å². The summed E-state index contributed by atoms with van der Waals surface area (Å²) in [7, 11) is 0. The van der Waals surface area contributed by atoms with Crippen molar-refractivity contribution in [2.75, 3.05) is 13.2 Å². The molecule has 2 aromatic carbocycles. The summed E-state index contributed by atoms with van der Waals surface area (Å²) < 4.78 is 11.9. The van der Waals surface area contributed by atoms with Crippen molar-refractivity contribution in [1.82, 2.24) is 19.9 Å². The molecule has 9 nitrogen and oxygen atoms in total. The van der Waals surface area contributed by atoms with E-state index >= 15 is 0 Å². The van der Waals surface area contributed by atoms with Crippen LogP contribution in [0.1, 0.15) is 17.4 Å². The molecule has 0 unspecified atom stereocenters. The van der Waals surface area contributed by atoms with Gasteiger partial charge in [0.05, 0.1) is 6.61 Å². The Balaban J connectivity index is 1.73. The zero-order chi connectivity index (χ0) is 21.1. The highest BCUT2D eigenvalue weighted by Crippen LogP contribution is 2.34. The summed E-state index contributed by atoms with van der Waals surface area (Å²) in [6.07, 6.45) is 1.28. The quantitative estimate of drug-likeness (QED) is 0.473. The second kappa shape index (κ2) is 8.08. The van der Waals surface area contributed by atoms with E-state index in [4.69, 9.17) is 9.47 Å². The van der Waals surface area contributed by atoms with E-state index in [1.807, 2.05) is 30.3 Å². The third kappa shape index (κ3) is 3.60. The van der Waals surface area contributed by atoms with Crippen LogP contribution in [-0.2, 0) is 9.53 Å². The first-order valence-corrected chi connectivity index (χ1v) is 9.23. The highest BCUT2D eigenvalue weighted by molar-refractivity contribution is 6.07. The fourth-order valence-corrected chi connectivity index (χ4v) is 3.07. The molecule has 0 spiro atoms. The van der Waals surface area contributed by atoms with E-state index in [0.29, 0.717) is 27.9 Å². The minimum Gasteiger partial charge on any atom is -0.505 e. The maximum Gasteiger partial charge on any atom is 0.325 e. The van der Waals surface area contributed by atoms with Crippen LogP contribution >= 0.6 is 0 Å². The van der Waals surface area contributed by atoms with Gasteiger partial charge in [-0.3, -0.25) is 9.59 Å². The molecule has 2 aromatic heterocycles. The third-order valence-corrected chi connectivity index (χ3v) is 4.36. The molecule has 2 heterocycles. The number of carbonyl (C=O) groups is 2. The van der Waals surface area contributed by atoms with Crippen LogP contribution in [0.5, 0.6) is 17.2 Å². The van der Waals surface area contributed by atoms with Crippen LogP contribution in [-0.4, -0.2) is 44.7 Å². The molecule has 0 atom stereocenters. The van der Waals surface area contributed by atoms with E-state index in [1.165, 1.54) is 10.8 Å². The first-order valence-electron chi connectivity index (χ1n) is 9.23. The number of fused-ring (bicyclic) bond motifs is 3. The van der Waals surface area contributed by atoms with Crippen LogP contribution in [0.15, 0.2) is 54.9 Å². The molecule has 0 aliphatic carbocycles. The maximum atomic E-state index is 12.6. The van der Waals surface area contributed by atoms with E-state index < -0.39 is 11.9 Å². The molecule has 4 rings (SSSR count). The molecule has 30 heavy (non-hydrogen) atoms. The van der Waals surface area contributed by atoms with E-state index in [2.05, 4.69) is 15.4 Å². The van der Waals surface area contributed by atoms with Crippen molar-refractivity contribution >= 4 is 28.3 Å². The molecule has 9 heteroatoms. The largest absolute Gasteiger partial charge is 0.505 e. The molecule has 0 saturated heterocycles. The summed E-state index contributed by atoms with van der Waals surface area (Å²) in [6.45, 7) is 1.55. The average Bonchev–Trinajstić information content (AvgIpc) is 3.23. The lowest BCUT2D eigenvalue weighted by atomic mass is 10.1. The molecule has 0 aliphatic heterocycles. The molecular formula is C21H18N4O5. The summed E-state index contributed by atoms with van der Waals surface area (Å²) in [5, 5.41) is 18.2. The molecule has 152 valence electrons. The van der Waals surface area contributed by atoms with Gasteiger partial charge in [-0.05, 0) is 37.3 Å². The zero-order valence-electron chi connectivity index (χ0n) is 16.0. The minimum atomic E-state index is -0.678. The highest BCUT2D eigenvalue weighted by Gasteiger charge is 2.22. The number of esters is 1. The first-order chi connectivity index (χ1) is 14.6. The lowest BCUT2D eigenvalue weighted by Gasteiger charge is -2.12. The third-order valence-electron chi connectivity index (χ3n) is 4.36. The molecule has 0 fully saturated rings. The van der Waals surface area contributed by atoms with Crippen molar-refractivity contribution in [2.24, 2.45) is 0 Å². The van der Waals surface area contributed by atoms with Crippen LogP contribution in [0.2, 0.25) is 0 Å². The Hall–Kier alpha value is -4.14. The Bertz CT molecular complexity index is 1240. The Labute approximate surface area is 170 Å². The van der Waals surface area contributed by atoms with Gasteiger partial charge in [0.1, 0.15) is 24.4 Å². The Morgan fingerprint density at radius 3 is 2.67 bits per heavy atom. The van der Waals surface area contributed by atoms with Crippen LogP contribution < -0.4 is 10.1 Å². The van der Waals surface area contributed by atoms with E-state index in [9.17, 15) is 14.7 Å². The van der Waals surface area contributed by atoms with Crippen molar-refractivity contribution in [3.63, 3.8) is 0 Å². The van der Waals surface area contributed by atoms with Gasteiger partial charge in [-0.2, -0.15) is 5.10 Å². The minimum absolute atomic E-state index is 0.129. The predicted molar refractivity (Wildman–Crippen MR) is 108 cm³/mol. The number of nitrogens with one attached hydrogen (secondary N) is 1. The first kappa shape index (κ1) is 19.2. The molecule has 0 aliphatic rings. The molecule has 0 bridgehead atoms. The van der Waals surface area contributed by atoms with E-state index in [0.717, 1.165) is 0 Å². The number of aromatic hydroxyl groups is 1. The highest BCUT2D eigenvalue weighted by atomic mass is 16.5. The number of carbonyl (C=O) groups excluding carboxylic acids is 2. The maximum absolute atomic E-state index is 12.6. The van der Waals surface area contributed by atoms with Gasteiger partial charge < -0.3 is 19.9 Å². The van der Waals surface area contributed by atoms with Gasteiger partial charge in [-0.15, -0.1) is 0 Å². The molecule has 4 aromatic rings. The van der Waals surface area contributed by atoms with Crippen LogP contribution in [0.4, 0.5) is 0 Å². The number of rotatable bonds is 6. The standard InChI is InChI=1S/C21H18N4O5/c1-2-29-17(26)11-22-21(28)18-19(27)15-9-8-14(30-13-6-4-3-5-7-13)10-16(15)20-23-12-24-25(18)20/h3-10,12,27H,2,11H2,1H3,(H,22,28). The number of benzene rings is 2. The van der Waals surface area contributed by atoms with Crippen molar-refractivity contribution in [2.45, 2.75) is 6.92 Å². The zero-order valence-corrected chi connectivity index (χ0v) is 16.0. The summed E-state index contributed by atoms with van der Waals surface area (Å²) >= 11 is 0. The average molecular weight is 406 g/mol. The number of nitrogens with zero attached hydrogens (tertiary/aromatic N) is 3. The molecule has 0 saturated carbocycles. The SMILES string of the molecule is CCOC(=O)CNC(=O)c1c(O)c2ccc(Oc3ccccc3)cc2c2ncnn12. The normalized spacial score (nSPS) is 10.8. The topological polar surface area (TPSA) is 115 Å².